The number of amides is 2. The number of carbonyl (C=O) groups is 2. The summed E-state index contributed by atoms with van der Waals surface area (Å²) in [5, 5.41) is 1.95. The minimum atomic E-state index is -4.18. The average molecular weight is 649 g/mol. The molecule has 1 heterocycles. The number of carbonyl (C=O) groups excluding carboxylic acids is 2. The Hall–Kier alpha value is -3.56. The van der Waals surface area contributed by atoms with E-state index in [9.17, 15) is 18.0 Å². The Balaban J connectivity index is 1.80. The summed E-state index contributed by atoms with van der Waals surface area (Å²) in [6, 6.07) is 13.3. The second-order valence-corrected chi connectivity index (χ2v) is 12.4. The summed E-state index contributed by atoms with van der Waals surface area (Å²) in [5.41, 5.74) is 2.24. The van der Waals surface area contributed by atoms with E-state index in [0.717, 1.165) is 33.2 Å². The van der Waals surface area contributed by atoms with Gasteiger partial charge in [-0.1, -0.05) is 30.3 Å². The van der Waals surface area contributed by atoms with Gasteiger partial charge in [-0.3, -0.25) is 9.59 Å². The van der Waals surface area contributed by atoms with Gasteiger partial charge < -0.3 is 23.8 Å². The highest BCUT2D eigenvalue weighted by Crippen LogP contribution is 2.30. The highest BCUT2D eigenvalue weighted by molar-refractivity contribution is 7.87. The van der Waals surface area contributed by atoms with Crippen LogP contribution in [0, 0.1) is 6.92 Å². The predicted octanol–water partition coefficient (Wildman–Crippen LogP) is 3.31. The molecule has 3 aromatic rings. The summed E-state index contributed by atoms with van der Waals surface area (Å²) in [5.74, 6) is -0.0829. The molecule has 0 aliphatic rings. The molecule has 0 unspecified atom stereocenters. The number of thiazole rings is 1. The van der Waals surface area contributed by atoms with Crippen LogP contribution in [0.15, 0.2) is 47.8 Å². The van der Waals surface area contributed by atoms with Crippen molar-refractivity contribution >= 4 is 33.4 Å². The SMILES string of the molecule is COCCN(CCOC)S(=O)(=O)NC(=O)c1csc(CN(CCCc2ccccc2)C(=O)c2cc(OC)c(C)c(OC)c2)n1. The molecular weight excluding hydrogens is 608 g/mol. The van der Waals surface area contributed by atoms with Crippen LogP contribution >= 0.6 is 11.3 Å². The normalized spacial score (nSPS) is 11.4. The average Bonchev–Trinajstić information content (AvgIpc) is 3.49. The molecule has 0 radical (unpaired) electrons. The van der Waals surface area contributed by atoms with Gasteiger partial charge >= 0.3 is 10.2 Å². The number of nitrogens with one attached hydrogen (secondary N) is 1. The quantitative estimate of drug-likeness (QED) is 0.220. The highest BCUT2D eigenvalue weighted by Gasteiger charge is 2.26. The van der Waals surface area contributed by atoms with E-state index >= 15 is 0 Å². The Labute approximate surface area is 263 Å². The van der Waals surface area contributed by atoms with Crippen LogP contribution in [-0.4, -0.2) is 95.7 Å². The molecule has 1 N–H and O–H groups in total. The van der Waals surface area contributed by atoms with Gasteiger partial charge in [-0.05, 0) is 37.5 Å². The number of ether oxygens (including phenoxy) is 4. The topological polar surface area (TPSA) is 137 Å². The van der Waals surface area contributed by atoms with E-state index in [2.05, 4.69) is 9.71 Å². The molecule has 0 spiro atoms. The molecule has 0 aliphatic carbocycles. The van der Waals surface area contributed by atoms with Crippen molar-refractivity contribution in [1.82, 2.24) is 18.9 Å². The first kappa shape index (κ1) is 34.9. The van der Waals surface area contributed by atoms with Crippen LogP contribution in [0.2, 0.25) is 0 Å². The molecule has 0 atom stereocenters. The van der Waals surface area contributed by atoms with E-state index in [4.69, 9.17) is 18.9 Å². The summed E-state index contributed by atoms with van der Waals surface area (Å²) in [7, 11) is 1.79. The Bertz CT molecular complexity index is 1450. The number of aromatic nitrogens is 1. The smallest absolute Gasteiger partial charge is 0.304 e. The van der Waals surface area contributed by atoms with Crippen LogP contribution in [0.25, 0.3) is 0 Å². The zero-order chi connectivity index (χ0) is 32.1. The molecule has 0 fully saturated rings. The maximum absolute atomic E-state index is 13.8. The highest BCUT2D eigenvalue weighted by atomic mass is 32.2. The van der Waals surface area contributed by atoms with Gasteiger partial charge in [0, 0.05) is 50.4 Å². The van der Waals surface area contributed by atoms with Gasteiger partial charge in [0.05, 0.1) is 34.0 Å². The Kier molecular flexibility index (Phi) is 13.5. The molecule has 44 heavy (non-hydrogen) atoms. The van der Waals surface area contributed by atoms with E-state index < -0.39 is 16.1 Å². The van der Waals surface area contributed by atoms with Crippen molar-refractivity contribution in [2.45, 2.75) is 26.3 Å². The third kappa shape index (κ3) is 9.72. The van der Waals surface area contributed by atoms with E-state index in [0.29, 0.717) is 35.0 Å². The Morgan fingerprint density at radius 3 is 2.11 bits per heavy atom. The van der Waals surface area contributed by atoms with Crippen molar-refractivity contribution < 1.29 is 37.0 Å². The number of nitrogens with zero attached hydrogens (tertiary/aromatic N) is 3. The van der Waals surface area contributed by atoms with Crippen molar-refractivity contribution in [1.29, 1.82) is 0 Å². The van der Waals surface area contributed by atoms with Gasteiger partial charge in [-0.2, -0.15) is 12.7 Å². The molecule has 3 rings (SSSR count). The Morgan fingerprint density at radius 2 is 1.55 bits per heavy atom. The lowest BCUT2D eigenvalue weighted by Crippen LogP contribution is -2.46. The third-order valence-corrected chi connectivity index (χ3v) is 9.11. The number of hydrogen-bond acceptors (Lipinski definition) is 10. The molecular formula is C30H40N4O8S2. The minimum Gasteiger partial charge on any atom is -0.496 e. The van der Waals surface area contributed by atoms with Crippen molar-refractivity contribution in [3.05, 3.63) is 75.2 Å². The van der Waals surface area contributed by atoms with E-state index in [1.165, 1.54) is 33.8 Å². The summed E-state index contributed by atoms with van der Waals surface area (Å²) < 4.78 is 49.9. The first-order chi connectivity index (χ1) is 21.1. The summed E-state index contributed by atoms with van der Waals surface area (Å²) in [6.45, 7) is 2.75. The lowest BCUT2D eigenvalue weighted by molar-refractivity contribution is 0.0740. The van der Waals surface area contributed by atoms with Crippen molar-refractivity contribution in [2.24, 2.45) is 0 Å². The largest absolute Gasteiger partial charge is 0.496 e. The lowest BCUT2D eigenvalue weighted by Gasteiger charge is -2.23. The van der Waals surface area contributed by atoms with E-state index in [1.54, 1.807) is 17.0 Å². The lowest BCUT2D eigenvalue weighted by atomic mass is 10.1. The van der Waals surface area contributed by atoms with Gasteiger partial charge in [0.25, 0.3) is 11.8 Å². The van der Waals surface area contributed by atoms with Gasteiger partial charge in [0.1, 0.15) is 22.2 Å². The van der Waals surface area contributed by atoms with Gasteiger partial charge in [0.15, 0.2) is 0 Å². The fraction of sp³-hybridized carbons (Fsp3) is 0.433. The van der Waals surface area contributed by atoms with Crippen LogP contribution in [-0.2, 0) is 32.6 Å². The van der Waals surface area contributed by atoms with Gasteiger partial charge in [0.2, 0.25) is 0 Å². The molecule has 240 valence electrons. The summed E-state index contributed by atoms with van der Waals surface area (Å²) >= 11 is 1.16. The van der Waals surface area contributed by atoms with Crippen LogP contribution in [0.5, 0.6) is 11.5 Å². The van der Waals surface area contributed by atoms with Crippen molar-refractivity contribution in [3.63, 3.8) is 0 Å². The zero-order valence-electron chi connectivity index (χ0n) is 25.7. The van der Waals surface area contributed by atoms with Crippen LogP contribution in [0.3, 0.4) is 0 Å². The molecule has 12 nitrogen and oxygen atoms in total. The first-order valence-corrected chi connectivity index (χ1v) is 16.3. The molecule has 2 amide bonds. The number of benzene rings is 2. The van der Waals surface area contributed by atoms with Crippen LogP contribution in [0.1, 0.15) is 43.4 Å². The number of methoxy groups -OCH3 is 4. The minimum absolute atomic E-state index is 0.0411. The Morgan fingerprint density at radius 1 is 0.932 bits per heavy atom. The maximum atomic E-state index is 13.8. The maximum Gasteiger partial charge on any atom is 0.304 e. The second kappa shape index (κ2) is 17.1. The molecule has 0 aliphatic heterocycles. The monoisotopic (exact) mass is 648 g/mol. The van der Waals surface area contributed by atoms with E-state index in [-0.39, 0.29) is 44.4 Å². The van der Waals surface area contributed by atoms with Crippen molar-refractivity contribution in [2.75, 3.05) is 61.3 Å². The first-order valence-electron chi connectivity index (χ1n) is 13.9. The number of aryl methyl sites for hydroxylation is 1. The fourth-order valence-electron chi connectivity index (χ4n) is 4.39. The van der Waals surface area contributed by atoms with Crippen LogP contribution < -0.4 is 14.2 Å². The predicted molar refractivity (Wildman–Crippen MR) is 168 cm³/mol. The molecule has 2 aromatic carbocycles. The van der Waals surface area contributed by atoms with Crippen molar-refractivity contribution in [3.8, 4) is 11.5 Å². The van der Waals surface area contributed by atoms with Gasteiger partial charge in [-0.15, -0.1) is 11.3 Å². The number of hydrogen-bond donors (Lipinski definition) is 1. The van der Waals surface area contributed by atoms with E-state index in [1.807, 2.05) is 37.3 Å². The third-order valence-electron chi connectivity index (χ3n) is 6.78. The molecule has 14 heteroatoms. The molecule has 0 bridgehead atoms. The molecule has 1 aromatic heterocycles. The summed E-state index contributed by atoms with van der Waals surface area (Å²) in [6.07, 6.45) is 1.45. The standard InChI is InChI=1S/C30H40N4O8S2/c1-22-26(41-4)18-24(19-27(22)42-5)30(36)33(13-9-12-23-10-7-6-8-11-23)20-28-31-25(21-43-28)29(35)32-44(37,38)34(14-16-39-2)15-17-40-3/h6-8,10-11,18-19,21H,9,12-17,20H2,1-5H3,(H,32,35). The molecule has 0 saturated carbocycles. The number of rotatable bonds is 18. The zero-order valence-corrected chi connectivity index (χ0v) is 27.3. The summed E-state index contributed by atoms with van der Waals surface area (Å²) in [4.78, 5) is 32.8. The second-order valence-electron chi connectivity index (χ2n) is 9.77. The molecule has 0 saturated heterocycles. The van der Waals surface area contributed by atoms with Crippen LogP contribution in [0.4, 0.5) is 0 Å². The fourth-order valence-corrected chi connectivity index (χ4v) is 6.27. The van der Waals surface area contributed by atoms with Gasteiger partial charge in [-0.25, -0.2) is 9.71 Å².